The number of ether oxygens (including phenoxy) is 2. The van der Waals surface area contributed by atoms with E-state index in [1.54, 1.807) is 0 Å². The van der Waals surface area contributed by atoms with Crippen molar-refractivity contribution < 1.29 is 19.1 Å². The van der Waals surface area contributed by atoms with Crippen molar-refractivity contribution in [1.29, 1.82) is 0 Å². The third kappa shape index (κ3) is 5.17. The zero-order chi connectivity index (χ0) is 15.2. The van der Waals surface area contributed by atoms with Crippen LogP contribution >= 0.6 is 0 Å². The van der Waals surface area contributed by atoms with E-state index in [0.29, 0.717) is 5.75 Å². The van der Waals surface area contributed by atoms with E-state index in [9.17, 15) is 9.59 Å². The number of benzene rings is 1. The molecule has 6 nitrogen and oxygen atoms in total. The van der Waals surface area contributed by atoms with Crippen LogP contribution in [-0.4, -0.2) is 25.7 Å². The summed E-state index contributed by atoms with van der Waals surface area (Å²) in [5.41, 5.74) is 5.46. The number of carbonyl (C=O) groups is 2. The number of hydrogen-bond donors (Lipinski definition) is 2. The Balaban J connectivity index is 2.42. The zero-order valence-corrected chi connectivity index (χ0v) is 12.1. The van der Waals surface area contributed by atoms with Gasteiger partial charge in [0.1, 0.15) is 5.75 Å². The quantitative estimate of drug-likeness (QED) is 0.827. The Morgan fingerprint density at radius 2 is 1.70 bits per heavy atom. The predicted molar refractivity (Wildman–Crippen MR) is 74.3 cm³/mol. The molecule has 110 valence electrons. The van der Waals surface area contributed by atoms with E-state index in [4.69, 9.17) is 4.74 Å². The molecule has 2 N–H and O–H groups in total. The van der Waals surface area contributed by atoms with Gasteiger partial charge in [0, 0.05) is 0 Å². The van der Waals surface area contributed by atoms with Crippen molar-refractivity contribution in [2.45, 2.75) is 26.2 Å². The Morgan fingerprint density at radius 1 is 1.10 bits per heavy atom. The lowest BCUT2D eigenvalue weighted by Gasteiger charge is -2.19. The van der Waals surface area contributed by atoms with E-state index >= 15 is 0 Å². The first-order chi connectivity index (χ1) is 9.32. The minimum absolute atomic E-state index is 0.0698. The van der Waals surface area contributed by atoms with Gasteiger partial charge in [-0.25, -0.2) is 10.2 Å². The monoisotopic (exact) mass is 280 g/mol. The maximum absolute atomic E-state index is 11.4. The molecule has 1 aromatic carbocycles. The largest absolute Gasteiger partial charge is 0.484 e. The van der Waals surface area contributed by atoms with Gasteiger partial charge in [-0.2, -0.15) is 0 Å². The minimum atomic E-state index is -0.743. The lowest BCUT2D eigenvalue weighted by atomic mass is 9.87. The number of hydrogen-bond acceptors (Lipinski definition) is 4. The summed E-state index contributed by atoms with van der Waals surface area (Å²) >= 11 is 0. The molecule has 0 unspecified atom stereocenters. The second-order valence-electron chi connectivity index (χ2n) is 5.23. The van der Waals surface area contributed by atoms with Crippen molar-refractivity contribution in [2.75, 3.05) is 13.7 Å². The topological polar surface area (TPSA) is 76.7 Å². The van der Waals surface area contributed by atoms with Crippen LogP contribution in [0.2, 0.25) is 0 Å². The number of carbonyl (C=O) groups excluding carboxylic acids is 2. The number of hydrazine groups is 1. The Hall–Kier alpha value is -2.24. The molecule has 0 bridgehead atoms. The van der Waals surface area contributed by atoms with E-state index in [0.717, 1.165) is 0 Å². The van der Waals surface area contributed by atoms with Gasteiger partial charge in [-0.05, 0) is 23.1 Å². The summed E-state index contributed by atoms with van der Waals surface area (Å²) in [6.45, 7) is 6.16. The van der Waals surface area contributed by atoms with Crippen molar-refractivity contribution in [3.05, 3.63) is 29.8 Å². The Morgan fingerprint density at radius 3 is 2.20 bits per heavy atom. The summed E-state index contributed by atoms with van der Waals surface area (Å²) in [4.78, 5) is 22.1. The van der Waals surface area contributed by atoms with Crippen LogP contribution in [0.15, 0.2) is 24.3 Å². The highest BCUT2D eigenvalue weighted by Crippen LogP contribution is 2.24. The molecule has 2 amide bonds. The third-order valence-corrected chi connectivity index (χ3v) is 2.58. The molecule has 0 aromatic heterocycles. The highest BCUT2D eigenvalue weighted by Gasteiger charge is 2.13. The lowest BCUT2D eigenvalue weighted by molar-refractivity contribution is -0.123. The molecule has 0 saturated heterocycles. The maximum Gasteiger partial charge on any atom is 0.425 e. The highest BCUT2D eigenvalue weighted by molar-refractivity contribution is 5.80. The maximum atomic E-state index is 11.4. The van der Waals surface area contributed by atoms with Crippen LogP contribution in [-0.2, 0) is 14.9 Å². The standard InChI is InChI=1S/C14H20N2O4/c1-14(2,3)10-5-7-11(8-6-10)20-9-12(17)15-16-13(18)19-4/h5-8H,9H2,1-4H3,(H,15,17)(H,16,18). The summed E-state index contributed by atoms with van der Waals surface area (Å²) in [7, 11) is 1.20. The molecule has 1 aromatic rings. The van der Waals surface area contributed by atoms with Crippen LogP contribution in [0.25, 0.3) is 0 Å². The average Bonchev–Trinajstić information content (AvgIpc) is 2.41. The van der Waals surface area contributed by atoms with Crippen molar-refractivity contribution in [3.63, 3.8) is 0 Å². The molecule has 0 aliphatic rings. The first kappa shape index (κ1) is 15.8. The summed E-state index contributed by atoms with van der Waals surface area (Å²) < 4.78 is 9.60. The lowest BCUT2D eigenvalue weighted by Crippen LogP contribution is -2.43. The van der Waals surface area contributed by atoms with Crippen LogP contribution in [0.5, 0.6) is 5.75 Å². The third-order valence-electron chi connectivity index (χ3n) is 2.58. The smallest absolute Gasteiger partial charge is 0.425 e. The van der Waals surface area contributed by atoms with Gasteiger partial charge in [0.15, 0.2) is 6.61 Å². The van der Waals surface area contributed by atoms with Crippen LogP contribution in [0.4, 0.5) is 4.79 Å². The van der Waals surface area contributed by atoms with Gasteiger partial charge in [0.2, 0.25) is 0 Å². The Bertz CT molecular complexity index is 463. The van der Waals surface area contributed by atoms with E-state index in [1.165, 1.54) is 12.7 Å². The number of amides is 2. The molecule has 0 heterocycles. The molecule has 0 atom stereocenters. The van der Waals surface area contributed by atoms with Crippen LogP contribution in [0, 0.1) is 0 Å². The molecular formula is C14H20N2O4. The van der Waals surface area contributed by atoms with Gasteiger partial charge in [0.05, 0.1) is 7.11 Å². The molecule has 0 aliphatic carbocycles. The Kier molecular flexibility index (Phi) is 5.37. The van der Waals surface area contributed by atoms with Crippen molar-refractivity contribution in [1.82, 2.24) is 10.9 Å². The molecule has 0 saturated carbocycles. The second-order valence-corrected chi connectivity index (χ2v) is 5.23. The van der Waals surface area contributed by atoms with Crippen LogP contribution in [0.3, 0.4) is 0 Å². The first-order valence-corrected chi connectivity index (χ1v) is 6.19. The SMILES string of the molecule is COC(=O)NNC(=O)COc1ccc(C(C)(C)C)cc1. The van der Waals surface area contributed by atoms with Gasteiger partial charge < -0.3 is 9.47 Å². The van der Waals surface area contributed by atoms with Crippen molar-refractivity contribution in [3.8, 4) is 5.75 Å². The molecule has 20 heavy (non-hydrogen) atoms. The molecule has 0 aliphatic heterocycles. The summed E-state index contributed by atoms with van der Waals surface area (Å²) in [6.07, 6.45) is -0.743. The molecule has 1 rings (SSSR count). The van der Waals surface area contributed by atoms with Crippen molar-refractivity contribution >= 4 is 12.0 Å². The molecule has 6 heteroatoms. The highest BCUT2D eigenvalue weighted by atomic mass is 16.5. The normalized spacial score (nSPS) is 10.6. The van der Waals surface area contributed by atoms with E-state index < -0.39 is 12.0 Å². The van der Waals surface area contributed by atoms with Gasteiger partial charge in [-0.15, -0.1) is 0 Å². The average molecular weight is 280 g/mol. The van der Waals surface area contributed by atoms with Gasteiger partial charge in [-0.3, -0.25) is 10.2 Å². The molecule has 0 spiro atoms. The minimum Gasteiger partial charge on any atom is -0.484 e. The number of nitrogens with one attached hydrogen (secondary N) is 2. The van der Waals surface area contributed by atoms with Gasteiger partial charge in [0.25, 0.3) is 5.91 Å². The number of methoxy groups -OCH3 is 1. The zero-order valence-electron chi connectivity index (χ0n) is 12.1. The van der Waals surface area contributed by atoms with E-state index in [-0.39, 0.29) is 12.0 Å². The van der Waals surface area contributed by atoms with E-state index in [1.807, 2.05) is 24.3 Å². The predicted octanol–water partition coefficient (Wildman–Crippen LogP) is 1.75. The molecular weight excluding hydrogens is 260 g/mol. The Labute approximate surface area is 118 Å². The fourth-order valence-corrected chi connectivity index (χ4v) is 1.41. The first-order valence-electron chi connectivity index (χ1n) is 6.19. The number of rotatable bonds is 3. The molecule has 0 fully saturated rings. The van der Waals surface area contributed by atoms with Crippen LogP contribution < -0.4 is 15.6 Å². The fourth-order valence-electron chi connectivity index (χ4n) is 1.41. The van der Waals surface area contributed by atoms with Crippen LogP contribution in [0.1, 0.15) is 26.3 Å². The molecule has 0 radical (unpaired) electrons. The summed E-state index contributed by atoms with van der Waals surface area (Å²) in [5, 5.41) is 0. The van der Waals surface area contributed by atoms with Gasteiger partial charge >= 0.3 is 6.09 Å². The van der Waals surface area contributed by atoms with Crippen molar-refractivity contribution in [2.24, 2.45) is 0 Å². The summed E-state index contributed by atoms with van der Waals surface area (Å²) in [5.74, 6) is 0.113. The van der Waals surface area contributed by atoms with Gasteiger partial charge in [-0.1, -0.05) is 32.9 Å². The second kappa shape index (κ2) is 6.79. The fraction of sp³-hybridized carbons (Fsp3) is 0.429. The summed E-state index contributed by atoms with van der Waals surface area (Å²) in [6, 6.07) is 7.53. The van der Waals surface area contributed by atoms with E-state index in [2.05, 4.69) is 36.4 Å².